The van der Waals surface area contributed by atoms with Crippen LogP contribution in [-0.4, -0.2) is 56.9 Å². The first kappa shape index (κ1) is 22.0. The fourth-order valence-corrected chi connectivity index (χ4v) is 4.26. The maximum Gasteiger partial charge on any atom is 0.337 e. The fourth-order valence-electron chi connectivity index (χ4n) is 4.26. The molecule has 3 rings (SSSR count). The van der Waals surface area contributed by atoms with Gasteiger partial charge in [-0.3, -0.25) is 4.90 Å². The molecule has 8 heteroatoms. The fraction of sp³-hybridized carbons (Fsp3) is 0.545. The average molecular weight is 418 g/mol. The van der Waals surface area contributed by atoms with Gasteiger partial charge in [0, 0.05) is 23.8 Å². The number of nitrogens with one attached hydrogen (secondary N) is 2. The van der Waals surface area contributed by atoms with Gasteiger partial charge in [-0.2, -0.15) is 0 Å². The normalized spacial score (nSPS) is 21.8. The van der Waals surface area contributed by atoms with Crippen molar-refractivity contribution in [1.29, 1.82) is 0 Å². The summed E-state index contributed by atoms with van der Waals surface area (Å²) in [6, 6.07) is 5.23. The molecule has 0 bridgehead atoms. The monoisotopic (exact) mass is 417 g/mol. The Morgan fingerprint density at radius 3 is 2.70 bits per heavy atom. The van der Waals surface area contributed by atoms with Gasteiger partial charge in [0.05, 0.1) is 32.4 Å². The van der Waals surface area contributed by atoms with Crippen molar-refractivity contribution in [3.63, 3.8) is 0 Å². The van der Waals surface area contributed by atoms with Crippen LogP contribution in [0.3, 0.4) is 0 Å². The first-order chi connectivity index (χ1) is 14.5. The minimum Gasteiger partial charge on any atom is -0.497 e. The summed E-state index contributed by atoms with van der Waals surface area (Å²) in [5.41, 5.74) is 2.15. The van der Waals surface area contributed by atoms with Crippen LogP contribution in [0.5, 0.6) is 11.5 Å². The van der Waals surface area contributed by atoms with Crippen molar-refractivity contribution in [2.75, 3.05) is 33.9 Å². The Hall–Kier alpha value is -2.74. The quantitative estimate of drug-likeness (QED) is 0.633. The predicted molar refractivity (Wildman–Crippen MR) is 112 cm³/mol. The van der Waals surface area contributed by atoms with Gasteiger partial charge in [-0.25, -0.2) is 9.59 Å². The van der Waals surface area contributed by atoms with Crippen molar-refractivity contribution in [2.45, 2.75) is 45.2 Å². The predicted octanol–water partition coefficient (Wildman–Crippen LogP) is 2.75. The van der Waals surface area contributed by atoms with Gasteiger partial charge < -0.3 is 24.8 Å². The van der Waals surface area contributed by atoms with Crippen LogP contribution >= 0.6 is 0 Å². The number of carbonyl (C=O) groups excluding carboxylic acids is 2. The molecule has 0 radical (unpaired) electrons. The maximum absolute atomic E-state index is 12.7. The summed E-state index contributed by atoms with van der Waals surface area (Å²) >= 11 is 0. The third-order valence-electron chi connectivity index (χ3n) is 5.67. The SMILES string of the molecule is CCOC(=O)C1=C(CN2CCC[C@@H]2c2cc(OC)ccc2OC)NC(=O)N[C@H]1CC. The highest BCUT2D eigenvalue weighted by molar-refractivity contribution is 5.94. The standard InChI is InChI=1S/C22H31N3O5/c1-5-16-20(21(26)30-6-2)17(24-22(27)23-16)13-25-11-7-8-18(25)15-12-14(28-3)9-10-19(15)29-4/h9-10,12,16,18H,5-8,11,13H2,1-4H3,(H2,23,24,27)/t16-,18+/m0/s1. The summed E-state index contributed by atoms with van der Waals surface area (Å²) in [5, 5.41) is 5.67. The average Bonchev–Trinajstić information content (AvgIpc) is 3.20. The molecule has 1 aromatic rings. The van der Waals surface area contributed by atoms with Gasteiger partial charge in [-0.15, -0.1) is 0 Å². The van der Waals surface area contributed by atoms with E-state index in [-0.39, 0.29) is 30.7 Å². The Morgan fingerprint density at radius 1 is 1.23 bits per heavy atom. The molecule has 0 aromatic heterocycles. The van der Waals surface area contributed by atoms with Gasteiger partial charge in [0.2, 0.25) is 0 Å². The lowest BCUT2D eigenvalue weighted by Gasteiger charge is -2.32. The Kier molecular flexibility index (Phi) is 7.20. The van der Waals surface area contributed by atoms with E-state index < -0.39 is 0 Å². The lowest BCUT2D eigenvalue weighted by molar-refractivity contribution is -0.139. The summed E-state index contributed by atoms with van der Waals surface area (Å²) in [5.74, 6) is 1.18. The zero-order valence-corrected chi connectivity index (χ0v) is 18.1. The summed E-state index contributed by atoms with van der Waals surface area (Å²) in [4.78, 5) is 27.1. The van der Waals surface area contributed by atoms with Gasteiger partial charge in [0.15, 0.2) is 0 Å². The van der Waals surface area contributed by atoms with Crippen molar-refractivity contribution in [2.24, 2.45) is 0 Å². The molecule has 2 amide bonds. The van der Waals surface area contributed by atoms with E-state index in [2.05, 4.69) is 15.5 Å². The molecule has 0 aliphatic carbocycles. The number of nitrogens with zero attached hydrogens (tertiary/aromatic N) is 1. The van der Waals surface area contributed by atoms with Crippen LogP contribution in [0.25, 0.3) is 0 Å². The van der Waals surface area contributed by atoms with Crippen LogP contribution in [0.4, 0.5) is 4.79 Å². The lowest BCUT2D eigenvalue weighted by atomic mass is 9.99. The molecule has 0 saturated carbocycles. The summed E-state index contributed by atoms with van der Waals surface area (Å²) in [7, 11) is 3.30. The number of benzene rings is 1. The minimum absolute atomic E-state index is 0.0952. The van der Waals surface area contributed by atoms with Gasteiger partial charge >= 0.3 is 12.0 Å². The molecule has 30 heavy (non-hydrogen) atoms. The zero-order valence-electron chi connectivity index (χ0n) is 18.1. The molecule has 2 heterocycles. The van der Waals surface area contributed by atoms with Crippen molar-refractivity contribution < 1.29 is 23.8 Å². The highest BCUT2D eigenvalue weighted by atomic mass is 16.5. The van der Waals surface area contributed by atoms with E-state index in [1.165, 1.54) is 0 Å². The van der Waals surface area contributed by atoms with E-state index in [9.17, 15) is 9.59 Å². The van der Waals surface area contributed by atoms with E-state index in [0.29, 0.717) is 24.2 Å². The molecule has 164 valence electrons. The van der Waals surface area contributed by atoms with Crippen molar-refractivity contribution in [1.82, 2.24) is 15.5 Å². The molecule has 0 spiro atoms. The van der Waals surface area contributed by atoms with E-state index in [1.54, 1.807) is 21.1 Å². The number of amides is 2. The highest BCUT2D eigenvalue weighted by Crippen LogP contribution is 2.39. The Morgan fingerprint density at radius 2 is 2.03 bits per heavy atom. The van der Waals surface area contributed by atoms with E-state index in [1.807, 2.05) is 25.1 Å². The second-order valence-electron chi connectivity index (χ2n) is 7.41. The smallest absolute Gasteiger partial charge is 0.337 e. The third-order valence-corrected chi connectivity index (χ3v) is 5.67. The van der Waals surface area contributed by atoms with Crippen molar-refractivity contribution in [3.8, 4) is 11.5 Å². The largest absolute Gasteiger partial charge is 0.497 e. The second kappa shape index (κ2) is 9.84. The lowest BCUT2D eigenvalue weighted by Crippen LogP contribution is -2.52. The van der Waals surface area contributed by atoms with Crippen LogP contribution < -0.4 is 20.1 Å². The topological polar surface area (TPSA) is 89.1 Å². The van der Waals surface area contributed by atoms with Crippen LogP contribution in [0.1, 0.15) is 44.7 Å². The summed E-state index contributed by atoms with van der Waals surface area (Å²) in [6.07, 6.45) is 2.57. The minimum atomic E-state index is -0.387. The molecule has 2 atom stereocenters. The number of hydrogen-bond donors (Lipinski definition) is 2. The number of esters is 1. The molecular formula is C22H31N3O5. The van der Waals surface area contributed by atoms with Crippen LogP contribution in [0.15, 0.2) is 29.5 Å². The van der Waals surface area contributed by atoms with E-state index in [4.69, 9.17) is 14.2 Å². The maximum atomic E-state index is 12.7. The first-order valence-corrected chi connectivity index (χ1v) is 10.5. The molecular weight excluding hydrogens is 386 g/mol. The molecule has 1 aromatic carbocycles. The number of carbonyl (C=O) groups is 2. The number of urea groups is 1. The van der Waals surface area contributed by atoms with Crippen molar-refractivity contribution >= 4 is 12.0 Å². The molecule has 0 unspecified atom stereocenters. The second-order valence-corrected chi connectivity index (χ2v) is 7.41. The summed E-state index contributed by atoms with van der Waals surface area (Å²) < 4.78 is 16.3. The third kappa shape index (κ3) is 4.53. The van der Waals surface area contributed by atoms with Gasteiger partial charge in [0.1, 0.15) is 11.5 Å². The number of hydrogen-bond acceptors (Lipinski definition) is 6. The number of likely N-dealkylation sites (tertiary alicyclic amines) is 1. The van der Waals surface area contributed by atoms with Crippen molar-refractivity contribution in [3.05, 3.63) is 35.0 Å². The Labute approximate surface area is 177 Å². The van der Waals surface area contributed by atoms with E-state index >= 15 is 0 Å². The molecule has 1 saturated heterocycles. The van der Waals surface area contributed by atoms with Gasteiger partial charge in [0.25, 0.3) is 0 Å². The zero-order chi connectivity index (χ0) is 21.7. The number of rotatable bonds is 8. The molecule has 1 fully saturated rings. The van der Waals surface area contributed by atoms with Crippen LogP contribution in [-0.2, 0) is 9.53 Å². The number of methoxy groups -OCH3 is 2. The number of ether oxygens (including phenoxy) is 3. The summed E-state index contributed by atoms with van der Waals surface area (Å²) in [6.45, 7) is 5.30. The van der Waals surface area contributed by atoms with Crippen LogP contribution in [0, 0.1) is 0 Å². The Bertz CT molecular complexity index is 823. The Balaban J connectivity index is 1.94. The van der Waals surface area contributed by atoms with Crippen LogP contribution in [0.2, 0.25) is 0 Å². The first-order valence-electron chi connectivity index (χ1n) is 10.5. The van der Waals surface area contributed by atoms with E-state index in [0.717, 1.165) is 36.4 Å². The molecule has 2 aliphatic heterocycles. The highest BCUT2D eigenvalue weighted by Gasteiger charge is 2.35. The molecule has 2 N–H and O–H groups in total. The van der Waals surface area contributed by atoms with Gasteiger partial charge in [-0.1, -0.05) is 6.92 Å². The van der Waals surface area contributed by atoms with Gasteiger partial charge in [-0.05, 0) is 50.9 Å². The molecule has 8 nitrogen and oxygen atoms in total. The molecule has 2 aliphatic rings.